The summed E-state index contributed by atoms with van der Waals surface area (Å²) in [5, 5.41) is 9.51. The van der Waals surface area contributed by atoms with Gasteiger partial charge in [0.25, 0.3) is 0 Å². The Morgan fingerprint density at radius 3 is 2.15 bits per heavy atom. The van der Waals surface area contributed by atoms with Crippen LogP contribution in [-0.4, -0.2) is 22.7 Å². The third-order valence-corrected chi connectivity index (χ3v) is 3.30. The Labute approximate surface area is 124 Å². The van der Waals surface area contributed by atoms with Gasteiger partial charge >= 0.3 is 0 Å². The predicted molar refractivity (Wildman–Crippen MR) is 86.2 cm³/mol. The molecule has 114 valence electrons. The topological polar surface area (TPSA) is 36.4 Å². The number of nitrogens with zero attached hydrogens (tertiary/aromatic N) is 2. The van der Waals surface area contributed by atoms with Gasteiger partial charge in [0.15, 0.2) is 0 Å². The zero-order valence-electron chi connectivity index (χ0n) is 14.1. The molecule has 0 amide bonds. The fraction of sp³-hybridized carbons (Fsp3) is 0.706. The molecule has 3 heteroatoms. The number of aliphatic hydroxyl groups excluding tert-OH is 1. The summed E-state index contributed by atoms with van der Waals surface area (Å²) in [5.41, 5.74) is 1.96. The molecule has 1 rings (SSSR count). The maximum Gasteiger partial charge on any atom is 0.129 e. The molecule has 0 fully saturated rings. The predicted octanol–water partition coefficient (Wildman–Crippen LogP) is 3.74. The minimum atomic E-state index is -0.0135. The van der Waals surface area contributed by atoms with Crippen LogP contribution in [0.1, 0.15) is 59.7 Å². The summed E-state index contributed by atoms with van der Waals surface area (Å²) in [6.07, 6.45) is 0. The highest BCUT2D eigenvalue weighted by atomic mass is 16.3. The molecule has 20 heavy (non-hydrogen) atoms. The quantitative estimate of drug-likeness (QED) is 0.891. The molecule has 0 aromatic carbocycles. The molecular weight excluding hydrogens is 248 g/mol. The van der Waals surface area contributed by atoms with Gasteiger partial charge in [-0.05, 0) is 37.5 Å². The van der Waals surface area contributed by atoms with Crippen LogP contribution in [0.3, 0.4) is 0 Å². The van der Waals surface area contributed by atoms with Crippen molar-refractivity contribution in [2.75, 3.05) is 11.4 Å². The summed E-state index contributed by atoms with van der Waals surface area (Å²) in [6.45, 7) is 16.3. The average Bonchev–Trinajstić information content (AvgIpc) is 2.33. The average molecular weight is 278 g/mol. The van der Waals surface area contributed by atoms with Crippen LogP contribution in [0.5, 0.6) is 0 Å². The Bertz CT molecular complexity index is 433. The number of hydrogen-bond acceptors (Lipinski definition) is 3. The molecular formula is C17H30N2O. The normalized spacial score (nSPS) is 12.3. The van der Waals surface area contributed by atoms with Crippen LogP contribution in [0, 0.1) is 5.92 Å². The molecule has 1 aromatic rings. The van der Waals surface area contributed by atoms with Gasteiger partial charge in [-0.1, -0.05) is 34.6 Å². The van der Waals surface area contributed by atoms with Crippen molar-refractivity contribution in [2.45, 2.75) is 66.5 Å². The van der Waals surface area contributed by atoms with E-state index in [2.05, 4.69) is 53.4 Å². The molecule has 0 bridgehead atoms. The third-order valence-electron chi connectivity index (χ3n) is 3.30. The van der Waals surface area contributed by atoms with Gasteiger partial charge in [-0.2, -0.15) is 0 Å². The Balaban J connectivity index is 3.27. The second-order valence-electron chi connectivity index (χ2n) is 7.27. The summed E-state index contributed by atoms with van der Waals surface area (Å²) < 4.78 is 0. The molecule has 1 heterocycles. The largest absolute Gasteiger partial charge is 0.392 e. The molecule has 0 saturated heterocycles. The first kappa shape index (κ1) is 17.0. The van der Waals surface area contributed by atoms with E-state index in [4.69, 9.17) is 4.98 Å². The van der Waals surface area contributed by atoms with Gasteiger partial charge in [0.2, 0.25) is 0 Å². The Morgan fingerprint density at radius 2 is 1.75 bits per heavy atom. The van der Waals surface area contributed by atoms with Crippen molar-refractivity contribution in [1.29, 1.82) is 0 Å². The molecule has 0 aliphatic heterocycles. The van der Waals surface area contributed by atoms with E-state index in [1.807, 2.05) is 12.1 Å². The van der Waals surface area contributed by atoms with Crippen molar-refractivity contribution >= 4 is 5.82 Å². The van der Waals surface area contributed by atoms with Gasteiger partial charge in [0.1, 0.15) is 5.82 Å². The summed E-state index contributed by atoms with van der Waals surface area (Å²) in [5.74, 6) is 1.56. The van der Waals surface area contributed by atoms with Crippen LogP contribution in [0.25, 0.3) is 0 Å². The maximum absolute atomic E-state index is 9.51. The van der Waals surface area contributed by atoms with Crippen molar-refractivity contribution in [3.63, 3.8) is 0 Å². The Kier molecular flexibility index (Phi) is 5.58. The fourth-order valence-corrected chi connectivity index (χ4v) is 2.16. The Hall–Kier alpha value is -1.09. The van der Waals surface area contributed by atoms with Gasteiger partial charge in [-0.15, -0.1) is 0 Å². The number of hydrogen-bond donors (Lipinski definition) is 1. The van der Waals surface area contributed by atoms with Crippen molar-refractivity contribution in [2.24, 2.45) is 5.92 Å². The van der Waals surface area contributed by atoms with Crippen LogP contribution in [0.15, 0.2) is 12.1 Å². The molecule has 0 unspecified atom stereocenters. The highest BCUT2D eigenvalue weighted by Crippen LogP contribution is 2.26. The first-order chi connectivity index (χ1) is 9.15. The van der Waals surface area contributed by atoms with Gasteiger partial charge < -0.3 is 10.0 Å². The van der Waals surface area contributed by atoms with E-state index in [1.165, 1.54) is 0 Å². The molecule has 1 aromatic heterocycles. The molecule has 0 saturated carbocycles. The van der Waals surface area contributed by atoms with E-state index in [9.17, 15) is 5.11 Å². The van der Waals surface area contributed by atoms with Crippen molar-refractivity contribution in [1.82, 2.24) is 4.98 Å². The lowest BCUT2D eigenvalue weighted by Crippen LogP contribution is -2.35. The third kappa shape index (κ3) is 4.48. The van der Waals surface area contributed by atoms with E-state index in [0.29, 0.717) is 12.0 Å². The van der Waals surface area contributed by atoms with Crippen LogP contribution in [0.4, 0.5) is 5.82 Å². The lowest BCUT2D eigenvalue weighted by atomic mass is 9.90. The molecule has 0 spiro atoms. The molecule has 0 atom stereocenters. The van der Waals surface area contributed by atoms with Crippen LogP contribution in [-0.2, 0) is 12.0 Å². The molecule has 0 aliphatic carbocycles. The van der Waals surface area contributed by atoms with Gasteiger partial charge in [-0.3, -0.25) is 0 Å². The summed E-state index contributed by atoms with van der Waals surface area (Å²) in [7, 11) is 0. The van der Waals surface area contributed by atoms with Crippen molar-refractivity contribution in [3.8, 4) is 0 Å². The fourth-order valence-electron chi connectivity index (χ4n) is 2.16. The van der Waals surface area contributed by atoms with Crippen molar-refractivity contribution in [3.05, 3.63) is 23.4 Å². The van der Waals surface area contributed by atoms with E-state index in [-0.39, 0.29) is 12.0 Å². The molecule has 0 aliphatic rings. The van der Waals surface area contributed by atoms with Crippen LogP contribution in [0.2, 0.25) is 0 Å². The first-order valence-corrected chi connectivity index (χ1v) is 7.54. The number of aromatic nitrogens is 1. The molecule has 1 N–H and O–H groups in total. The molecule has 0 radical (unpaired) electrons. The molecule has 3 nitrogen and oxygen atoms in total. The minimum absolute atomic E-state index is 0.0135. The second-order valence-corrected chi connectivity index (χ2v) is 7.27. The highest BCUT2D eigenvalue weighted by molar-refractivity contribution is 5.44. The van der Waals surface area contributed by atoms with Crippen LogP contribution >= 0.6 is 0 Å². The summed E-state index contributed by atoms with van der Waals surface area (Å²) >= 11 is 0. The second kappa shape index (κ2) is 6.57. The lowest BCUT2D eigenvalue weighted by Gasteiger charge is -2.31. The van der Waals surface area contributed by atoms with E-state index < -0.39 is 0 Å². The lowest BCUT2D eigenvalue weighted by molar-refractivity contribution is 0.281. The van der Waals surface area contributed by atoms with E-state index >= 15 is 0 Å². The van der Waals surface area contributed by atoms with Gasteiger partial charge in [0.05, 0.1) is 6.61 Å². The number of pyridine rings is 1. The zero-order valence-corrected chi connectivity index (χ0v) is 14.1. The number of anilines is 1. The SMILES string of the molecule is CC(C)CN(c1cc(CO)cc(C(C)(C)C)n1)C(C)C. The monoisotopic (exact) mass is 278 g/mol. The Morgan fingerprint density at radius 1 is 1.15 bits per heavy atom. The number of aliphatic hydroxyl groups is 1. The number of rotatable bonds is 5. The van der Waals surface area contributed by atoms with E-state index in [1.54, 1.807) is 0 Å². The minimum Gasteiger partial charge on any atom is -0.392 e. The maximum atomic E-state index is 9.51. The standard InChI is InChI=1S/C17H30N2O/c1-12(2)10-19(13(3)4)16-9-14(11-20)8-15(18-16)17(5,6)7/h8-9,12-13,20H,10-11H2,1-7H3. The zero-order chi connectivity index (χ0) is 15.5. The first-order valence-electron chi connectivity index (χ1n) is 7.54. The highest BCUT2D eigenvalue weighted by Gasteiger charge is 2.20. The summed E-state index contributed by atoms with van der Waals surface area (Å²) in [4.78, 5) is 7.16. The van der Waals surface area contributed by atoms with Gasteiger partial charge in [-0.25, -0.2) is 4.98 Å². The summed E-state index contributed by atoms with van der Waals surface area (Å²) in [6, 6.07) is 4.42. The van der Waals surface area contributed by atoms with Gasteiger partial charge in [0, 0.05) is 23.7 Å². The smallest absolute Gasteiger partial charge is 0.129 e. The van der Waals surface area contributed by atoms with E-state index in [0.717, 1.165) is 23.6 Å². The van der Waals surface area contributed by atoms with Crippen LogP contribution < -0.4 is 4.90 Å². The van der Waals surface area contributed by atoms with Crippen molar-refractivity contribution < 1.29 is 5.11 Å².